The molecule has 1 N–H and O–H groups in total. The second-order valence-corrected chi connectivity index (χ2v) is 10.1. The number of aryl methyl sites for hydroxylation is 1. The molecule has 0 aliphatic carbocycles. The number of methoxy groups -OCH3 is 1. The summed E-state index contributed by atoms with van der Waals surface area (Å²) in [6.07, 6.45) is 1.30. The Hall–Kier alpha value is -3.32. The van der Waals surface area contributed by atoms with Crippen molar-refractivity contribution in [2.75, 3.05) is 7.11 Å². The normalized spacial score (nSPS) is 14.0. The Morgan fingerprint density at radius 3 is 2.54 bits per heavy atom. The zero-order valence-electron chi connectivity index (χ0n) is 21.5. The van der Waals surface area contributed by atoms with Crippen molar-refractivity contribution >= 4 is 18.0 Å². The van der Waals surface area contributed by atoms with E-state index in [1.54, 1.807) is 45.0 Å². The van der Waals surface area contributed by atoms with Crippen LogP contribution in [0, 0.1) is 18.3 Å². The average molecular weight is 483 g/mol. The lowest BCUT2D eigenvalue weighted by atomic mass is 9.95. The third kappa shape index (κ3) is 5.35. The van der Waals surface area contributed by atoms with Gasteiger partial charge in [0.1, 0.15) is 23.7 Å². The van der Waals surface area contributed by atoms with Crippen LogP contribution in [0.15, 0.2) is 24.8 Å². The van der Waals surface area contributed by atoms with Gasteiger partial charge in [0.25, 0.3) is 0 Å². The number of esters is 2. The van der Waals surface area contributed by atoms with Gasteiger partial charge in [0, 0.05) is 11.1 Å². The van der Waals surface area contributed by atoms with Crippen LogP contribution in [0.3, 0.4) is 0 Å². The number of fused-ring (bicyclic) bond motifs is 2. The van der Waals surface area contributed by atoms with Crippen molar-refractivity contribution in [3.63, 3.8) is 0 Å². The number of hydrogen-bond acceptors (Lipinski definition) is 7. The maximum Gasteiger partial charge on any atom is 0.346 e. The van der Waals surface area contributed by atoms with Crippen molar-refractivity contribution in [1.29, 1.82) is 0 Å². The summed E-state index contributed by atoms with van der Waals surface area (Å²) in [4.78, 5) is 25.9. The quantitative estimate of drug-likeness (QED) is 0.390. The highest BCUT2D eigenvalue weighted by atomic mass is 16.6. The molecular formula is C28H34O7. The van der Waals surface area contributed by atoms with E-state index in [1.807, 2.05) is 20.8 Å². The van der Waals surface area contributed by atoms with E-state index in [2.05, 4.69) is 6.58 Å². The van der Waals surface area contributed by atoms with Gasteiger partial charge in [-0.1, -0.05) is 26.5 Å². The summed E-state index contributed by atoms with van der Waals surface area (Å²) in [5.74, 6) is -0.0193. The van der Waals surface area contributed by atoms with Gasteiger partial charge in [-0.25, -0.2) is 4.79 Å². The minimum Gasteiger partial charge on any atom is -0.495 e. The van der Waals surface area contributed by atoms with Crippen LogP contribution >= 0.6 is 0 Å². The van der Waals surface area contributed by atoms with Crippen LogP contribution < -0.4 is 14.2 Å². The molecule has 0 amide bonds. The first-order valence-electron chi connectivity index (χ1n) is 11.6. The number of rotatable bonds is 6. The highest BCUT2D eigenvalue weighted by Gasteiger charge is 2.32. The monoisotopic (exact) mass is 482 g/mol. The number of carbonyl (C=O) groups is 2. The van der Waals surface area contributed by atoms with Crippen LogP contribution in [0.2, 0.25) is 0 Å². The second kappa shape index (κ2) is 10.1. The van der Waals surface area contributed by atoms with E-state index in [-0.39, 0.29) is 41.1 Å². The average Bonchev–Trinajstić information content (AvgIpc) is 2.76. The van der Waals surface area contributed by atoms with E-state index < -0.39 is 23.5 Å². The number of ether oxygens (including phenoxy) is 4. The molecule has 0 fully saturated rings. The predicted molar refractivity (Wildman–Crippen MR) is 133 cm³/mol. The first kappa shape index (κ1) is 26.3. The molecule has 0 spiro atoms. The summed E-state index contributed by atoms with van der Waals surface area (Å²) in [5, 5.41) is 10.8. The van der Waals surface area contributed by atoms with Gasteiger partial charge in [0.15, 0.2) is 11.5 Å². The van der Waals surface area contributed by atoms with Crippen LogP contribution in [-0.2, 0) is 16.1 Å². The fraction of sp³-hybridized carbons (Fsp3) is 0.429. The standard InChI is InChI=1S/C28H34O7/c1-9-17-16(4)13-22(35-27(31)28(5,6)7)24-19(17)14-33-26(30)23-21(34-24)11-10-18(25(23)32-8)20(29)12-15(2)3/h9-11,13,15,20,29H,1,12,14H2,2-8H3/t20-/m0/s1. The number of carbonyl (C=O) groups excluding carboxylic acids is 2. The number of aliphatic hydroxyl groups excluding tert-OH is 1. The summed E-state index contributed by atoms with van der Waals surface area (Å²) in [6.45, 7) is 14.9. The molecule has 0 bridgehead atoms. The minimum absolute atomic E-state index is 0.0623. The Morgan fingerprint density at radius 2 is 1.97 bits per heavy atom. The first-order valence-corrected chi connectivity index (χ1v) is 11.6. The maximum atomic E-state index is 13.1. The first-order chi connectivity index (χ1) is 16.4. The van der Waals surface area contributed by atoms with Gasteiger partial charge in [-0.05, 0) is 69.4 Å². The zero-order chi connectivity index (χ0) is 26.1. The summed E-state index contributed by atoms with van der Waals surface area (Å²) in [7, 11) is 1.43. The Morgan fingerprint density at radius 1 is 1.29 bits per heavy atom. The molecule has 7 heteroatoms. The third-order valence-electron chi connectivity index (χ3n) is 5.79. The van der Waals surface area contributed by atoms with Crippen LogP contribution in [-0.4, -0.2) is 24.2 Å². The highest BCUT2D eigenvalue weighted by Crippen LogP contribution is 2.46. The molecule has 0 unspecified atom stereocenters. The summed E-state index contributed by atoms with van der Waals surface area (Å²) in [6, 6.07) is 4.97. The summed E-state index contributed by atoms with van der Waals surface area (Å²) >= 11 is 0. The van der Waals surface area contributed by atoms with E-state index in [9.17, 15) is 14.7 Å². The van der Waals surface area contributed by atoms with Gasteiger partial charge in [-0.15, -0.1) is 0 Å². The molecule has 1 aliphatic heterocycles. The Balaban J connectivity index is 2.21. The molecule has 0 saturated carbocycles. The molecule has 188 valence electrons. The molecular weight excluding hydrogens is 448 g/mol. The summed E-state index contributed by atoms with van der Waals surface area (Å²) in [5.41, 5.74) is 1.85. The van der Waals surface area contributed by atoms with E-state index >= 15 is 0 Å². The van der Waals surface area contributed by atoms with E-state index in [1.165, 1.54) is 7.11 Å². The lowest BCUT2D eigenvalue weighted by molar-refractivity contribution is -0.143. The molecule has 0 aromatic heterocycles. The van der Waals surface area contributed by atoms with Crippen LogP contribution in [0.5, 0.6) is 23.0 Å². The molecule has 1 aliphatic rings. The molecule has 0 saturated heterocycles. The van der Waals surface area contributed by atoms with Crippen molar-refractivity contribution in [2.45, 2.75) is 60.7 Å². The van der Waals surface area contributed by atoms with Crippen molar-refractivity contribution in [3.8, 4) is 23.0 Å². The number of hydrogen-bond donors (Lipinski definition) is 1. The van der Waals surface area contributed by atoms with Gasteiger partial charge in [0.2, 0.25) is 0 Å². The van der Waals surface area contributed by atoms with Crippen molar-refractivity contribution in [2.24, 2.45) is 11.3 Å². The van der Waals surface area contributed by atoms with Crippen LogP contribution in [0.25, 0.3) is 6.08 Å². The maximum absolute atomic E-state index is 13.1. The van der Waals surface area contributed by atoms with Gasteiger partial charge < -0.3 is 24.1 Å². The Bertz CT molecular complexity index is 1160. The fourth-order valence-electron chi connectivity index (χ4n) is 3.95. The second-order valence-electron chi connectivity index (χ2n) is 10.1. The van der Waals surface area contributed by atoms with Crippen molar-refractivity contribution < 1.29 is 33.6 Å². The summed E-state index contributed by atoms with van der Waals surface area (Å²) < 4.78 is 23.2. The smallest absolute Gasteiger partial charge is 0.346 e. The van der Waals surface area contributed by atoms with E-state index in [0.29, 0.717) is 17.5 Å². The molecule has 1 atom stereocenters. The SMILES string of the molecule is C=Cc1c(C)cc(OC(=O)C(C)(C)C)c2c1COC(=O)c1c(ccc([C@@H](O)CC(C)C)c1OC)O2. The fourth-order valence-corrected chi connectivity index (χ4v) is 3.95. The largest absolute Gasteiger partial charge is 0.495 e. The van der Waals surface area contributed by atoms with Gasteiger partial charge in [-0.2, -0.15) is 0 Å². The van der Waals surface area contributed by atoms with Crippen LogP contribution in [0.4, 0.5) is 0 Å². The minimum atomic E-state index is -0.834. The van der Waals surface area contributed by atoms with E-state index in [4.69, 9.17) is 18.9 Å². The Kier molecular flexibility index (Phi) is 7.60. The van der Waals surface area contributed by atoms with E-state index in [0.717, 1.165) is 11.1 Å². The molecule has 3 rings (SSSR count). The van der Waals surface area contributed by atoms with Gasteiger partial charge in [-0.3, -0.25) is 4.79 Å². The lowest BCUT2D eigenvalue weighted by Gasteiger charge is -2.26. The lowest BCUT2D eigenvalue weighted by Crippen LogP contribution is -2.26. The van der Waals surface area contributed by atoms with Gasteiger partial charge in [0.05, 0.1) is 18.6 Å². The molecule has 2 aromatic carbocycles. The molecule has 35 heavy (non-hydrogen) atoms. The highest BCUT2D eigenvalue weighted by molar-refractivity contribution is 5.97. The van der Waals surface area contributed by atoms with Crippen LogP contribution in [0.1, 0.15) is 79.8 Å². The molecule has 7 nitrogen and oxygen atoms in total. The predicted octanol–water partition coefficient (Wildman–Crippen LogP) is 6.14. The molecule has 1 heterocycles. The third-order valence-corrected chi connectivity index (χ3v) is 5.79. The zero-order valence-corrected chi connectivity index (χ0v) is 21.5. The Labute approximate surface area is 206 Å². The topological polar surface area (TPSA) is 91.3 Å². The van der Waals surface area contributed by atoms with Gasteiger partial charge >= 0.3 is 11.9 Å². The van der Waals surface area contributed by atoms with Crippen molar-refractivity contribution in [1.82, 2.24) is 0 Å². The number of benzene rings is 2. The number of aliphatic hydroxyl groups is 1. The molecule has 2 aromatic rings. The number of cyclic esters (lactones) is 1. The molecule has 0 radical (unpaired) electrons. The van der Waals surface area contributed by atoms with Crippen molar-refractivity contribution in [3.05, 3.63) is 52.6 Å².